The maximum absolute atomic E-state index is 11.7. The minimum atomic E-state index is -0.274. The lowest BCUT2D eigenvalue weighted by Crippen LogP contribution is -2.37. The fourth-order valence-electron chi connectivity index (χ4n) is 2.10. The Balaban J connectivity index is 1.92. The van der Waals surface area contributed by atoms with Crippen LogP contribution in [0.3, 0.4) is 0 Å². The summed E-state index contributed by atoms with van der Waals surface area (Å²) >= 11 is 0. The molecule has 0 bridgehead atoms. The van der Waals surface area contributed by atoms with E-state index in [1.54, 1.807) is 0 Å². The summed E-state index contributed by atoms with van der Waals surface area (Å²) < 4.78 is 5.28. The molecule has 2 saturated heterocycles. The zero-order valence-corrected chi connectivity index (χ0v) is 8.91. The number of nitrogens with two attached hydrogens (primary N) is 1. The molecule has 0 aromatic rings. The lowest BCUT2D eigenvalue weighted by Gasteiger charge is -2.31. The first kappa shape index (κ1) is 10.9. The number of hydrogen-bond acceptors (Lipinski definition) is 4. The molecule has 2 rings (SSSR count). The zero-order chi connectivity index (χ0) is 10.7. The van der Waals surface area contributed by atoms with Crippen molar-refractivity contribution in [1.82, 2.24) is 5.06 Å². The van der Waals surface area contributed by atoms with E-state index >= 15 is 0 Å². The summed E-state index contributed by atoms with van der Waals surface area (Å²) in [6.45, 7) is 2.58. The van der Waals surface area contributed by atoms with E-state index in [0.29, 0.717) is 32.7 Å². The first-order valence-electron chi connectivity index (χ1n) is 5.53. The molecule has 2 heterocycles. The smallest absolute Gasteiger partial charge is 0.249 e. The molecule has 86 valence electrons. The largest absolute Gasteiger partial charge is 0.381 e. The molecule has 0 unspecified atom stereocenters. The molecule has 5 nitrogen and oxygen atoms in total. The van der Waals surface area contributed by atoms with Gasteiger partial charge in [-0.05, 0) is 13.0 Å². The SMILES string of the molecule is NCCCN1OC2(CCOCC2)CC1=O. The molecular weight excluding hydrogens is 196 g/mol. The fraction of sp³-hybridized carbons (Fsp3) is 0.900. The number of hydrogen-bond donors (Lipinski definition) is 1. The molecule has 0 saturated carbocycles. The second-order valence-electron chi connectivity index (χ2n) is 4.20. The Morgan fingerprint density at radius 3 is 2.80 bits per heavy atom. The Morgan fingerprint density at radius 1 is 1.40 bits per heavy atom. The Hall–Kier alpha value is -0.650. The number of carbonyl (C=O) groups is 1. The average Bonchev–Trinajstić information content (AvgIpc) is 2.53. The van der Waals surface area contributed by atoms with Gasteiger partial charge in [-0.2, -0.15) is 0 Å². The number of rotatable bonds is 3. The van der Waals surface area contributed by atoms with Crippen LogP contribution in [0.15, 0.2) is 0 Å². The first-order chi connectivity index (χ1) is 7.26. The number of ether oxygens (including phenoxy) is 1. The predicted molar refractivity (Wildman–Crippen MR) is 53.9 cm³/mol. The van der Waals surface area contributed by atoms with Gasteiger partial charge in [0.05, 0.1) is 6.42 Å². The highest BCUT2D eigenvalue weighted by atomic mass is 16.7. The summed E-state index contributed by atoms with van der Waals surface area (Å²) in [5, 5.41) is 1.48. The minimum Gasteiger partial charge on any atom is -0.381 e. The van der Waals surface area contributed by atoms with E-state index < -0.39 is 0 Å². The van der Waals surface area contributed by atoms with Gasteiger partial charge in [0.2, 0.25) is 5.91 Å². The maximum atomic E-state index is 11.7. The van der Waals surface area contributed by atoms with Gasteiger partial charge < -0.3 is 10.5 Å². The van der Waals surface area contributed by atoms with E-state index in [0.717, 1.165) is 19.3 Å². The molecule has 5 heteroatoms. The van der Waals surface area contributed by atoms with Crippen LogP contribution < -0.4 is 5.73 Å². The van der Waals surface area contributed by atoms with Gasteiger partial charge in [0.25, 0.3) is 0 Å². The molecule has 0 radical (unpaired) electrons. The standard InChI is InChI=1S/C10H18N2O3/c11-4-1-5-12-9(13)8-10(15-12)2-6-14-7-3-10/h1-8,11H2. The van der Waals surface area contributed by atoms with E-state index in [1.165, 1.54) is 5.06 Å². The Morgan fingerprint density at radius 2 is 2.13 bits per heavy atom. The van der Waals surface area contributed by atoms with Crippen LogP contribution in [0, 0.1) is 0 Å². The van der Waals surface area contributed by atoms with Crippen LogP contribution >= 0.6 is 0 Å². The molecule has 0 aliphatic carbocycles. The monoisotopic (exact) mass is 214 g/mol. The summed E-state index contributed by atoms with van der Waals surface area (Å²) in [5.74, 6) is 0.0883. The van der Waals surface area contributed by atoms with E-state index in [1.807, 2.05) is 0 Å². The van der Waals surface area contributed by atoms with Gasteiger partial charge in [-0.3, -0.25) is 9.63 Å². The van der Waals surface area contributed by atoms with Crippen molar-refractivity contribution < 1.29 is 14.4 Å². The molecule has 0 aromatic heterocycles. The van der Waals surface area contributed by atoms with E-state index in [-0.39, 0.29) is 11.5 Å². The quantitative estimate of drug-likeness (QED) is 0.721. The zero-order valence-electron chi connectivity index (χ0n) is 8.91. The van der Waals surface area contributed by atoms with Crippen LogP contribution in [0.4, 0.5) is 0 Å². The Labute approximate surface area is 89.5 Å². The van der Waals surface area contributed by atoms with Crippen molar-refractivity contribution in [3.63, 3.8) is 0 Å². The second kappa shape index (κ2) is 4.47. The van der Waals surface area contributed by atoms with Crippen LogP contribution in [0.25, 0.3) is 0 Å². The summed E-state index contributed by atoms with van der Waals surface area (Å²) in [6.07, 6.45) is 2.93. The molecular formula is C10H18N2O3. The van der Waals surface area contributed by atoms with Crippen molar-refractivity contribution in [2.45, 2.75) is 31.3 Å². The summed E-state index contributed by atoms with van der Waals surface area (Å²) in [5.41, 5.74) is 5.13. The van der Waals surface area contributed by atoms with Gasteiger partial charge in [-0.25, -0.2) is 5.06 Å². The number of carbonyl (C=O) groups excluding carboxylic acids is 1. The van der Waals surface area contributed by atoms with Crippen molar-refractivity contribution in [3.8, 4) is 0 Å². The molecule has 1 amide bonds. The van der Waals surface area contributed by atoms with Gasteiger partial charge in [-0.15, -0.1) is 0 Å². The molecule has 0 atom stereocenters. The Kier molecular flexibility index (Phi) is 3.23. The third-order valence-corrected chi connectivity index (χ3v) is 3.02. The van der Waals surface area contributed by atoms with Gasteiger partial charge >= 0.3 is 0 Å². The highest BCUT2D eigenvalue weighted by Gasteiger charge is 2.45. The lowest BCUT2D eigenvalue weighted by molar-refractivity contribution is -0.217. The topological polar surface area (TPSA) is 64.8 Å². The highest BCUT2D eigenvalue weighted by Crippen LogP contribution is 2.35. The van der Waals surface area contributed by atoms with E-state index in [2.05, 4.69) is 0 Å². The first-order valence-corrected chi connectivity index (χ1v) is 5.53. The third-order valence-electron chi connectivity index (χ3n) is 3.02. The van der Waals surface area contributed by atoms with Gasteiger partial charge in [0.15, 0.2) is 0 Å². The molecule has 2 aliphatic heterocycles. The molecule has 2 aliphatic rings. The normalized spacial score (nSPS) is 25.1. The van der Waals surface area contributed by atoms with Gasteiger partial charge in [0, 0.05) is 32.6 Å². The van der Waals surface area contributed by atoms with Crippen molar-refractivity contribution in [1.29, 1.82) is 0 Å². The third kappa shape index (κ3) is 2.30. The Bertz CT molecular complexity index is 239. The molecule has 2 N–H and O–H groups in total. The van der Waals surface area contributed by atoms with Crippen LogP contribution in [0.1, 0.15) is 25.7 Å². The highest BCUT2D eigenvalue weighted by molar-refractivity contribution is 5.78. The van der Waals surface area contributed by atoms with E-state index in [4.69, 9.17) is 15.3 Å². The average molecular weight is 214 g/mol. The molecule has 2 fully saturated rings. The van der Waals surface area contributed by atoms with Crippen LogP contribution in [0.2, 0.25) is 0 Å². The van der Waals surface area contributed by atoms with Crippen LogP contribution in [-0.2, 0) is 14.4 Å². The number of amides is 1. The predicted octanol–water partition coefficient (Wildman–Crippen LogP) is 0.0483. The van der Waals surface area contributed by atoms with Crippen LogP contribution in [-0.4, -0.2) is 42.9 Å². The van der Waals surface area contributed by atoms with Crippen LogP contribution in [0.5, 0.6) is 0 Å². The summed E-state index contributed by atoms with van der Waals surface area (Å²) in [4.78, 5) is 17.4. The van der Waals surface area contributed by atoms with Crippen molar-refractivity contribution in [2.24, 2.45) is 5.73 Å². The second-order valence-corrected chi connectivity index (χ2v) is 4.20. The fourth-order valence-corrected chi connectivity index (χ4v) is 2.10. The molecule has 15 heavy (non-hydrogen) atoms. The summed E-state index contributed by atoms with van der Waals surface area (Å²) in [7, 11) is 0. The summed E-state index contributed by atoms with van der Waals surface area (Å²) in [6, 6.07) is 0. The molecule has 1 spiro atoms. The van der Waals surface area contributed by atoms with Gasteiger partial charge in [0.1, 0.15) is 5.60 Å². The van der Waals surface area contributed by atoms with Crippen molar-refractivity contribution in [3.05, 3.63) is 0 Å². The maximum Gasteiger partial charge on any atom is 0.249 e. The van der Waals surface area contributed by atoms with Gasteiger partial charge in [-0.1, -0.05) is 0 Å². The number of hydroxylamine groups is 2. The van der Waals surface area contributed by atoms with Crippen molar-refractivity contribution >= 4 is 5.91 Å². The number of nitrogens with zero attached hydrogens (tertiary/aromatic N) is 1. The lowest BCUT2D eigenvalue weighted by atomic mass is 9.91. The molecule has 0 aromatic carbocycles. The minimum absolute atomic E-state index is 0.0883. The van der Waals surface area contributed by atoms with Crippen molar-refractivity contribution in [2.75, 3.05) is 26.3 Å². The van der Waals surface area contributed by atoms with E-state index in [9.17, 15) is 4.79 Å².